The van der Waals surface area contributed by atoms with Crippen molar-refractivity contribution in [2.24, 2.45) is 0 Å². The van der Waals surface area contributed by atoms with E-state index >= 15 is 0 Å². The van der Waals surface area contributed by atoms with Crippen LogP contribution in [0.5, 0.6) is 0 Å². The highest BCUT2D eigenvalue weighted by Gasteiger charge is 2.16. The lowest BCUT2D eigenvalue weighted by Gasteiger charge is -2.19. The number of aromatic nitrogens is 1. The van der Waals surface area contributed by atoms with Crippen molar-refractivity contribution in [3.8, 4) is 0 Å². The molecule has 1 aromatic heterocycles. The predicted octanol–water partition coefficient (Wildman–Crippen LogP) is 3.52. The summed E-state index contributed by atoms with van der Waals surface area (Å²) in [4.78, 5) is 3.19. The highest BCUT2D eigenvalue weighted by atomic mass is 16.3. The van der Waals surface area contributed by atoms with Crippen molar-refractivity contribution in [2.75, 3.05) is 0 Å². The Balaban J connectivity index is 2.63. The summed E-state index contributed by atoms with van der Waals surface area (Å²) in [6, 6.07) is 6.40. The Hall–Kier alpha value is -1.28. The van der Waals surface area contributed by atoms with E-state index in [0.29, 0.717) is 0 Å². The molecule has 2 nitrogen and oxygen atoms in total. The largest absolute Gasteiger partial charge is 0.389 e. The molecule has 86 valence electrons. The Kier molecular flexibility index (Phi) is 2.55. The summed E-state index contributed by atoms with van der Waals surface area (Å²) in [5.41, 5.74) is 3.49. The van der Waals surface area contributed by atoms with E-state index in [9.17, 15) is 5.11 Å². The number of hydrogen-bond donors (Lipinski definition) is 2. The van der Waals surface area contributed by atoms with Crippen LogP contribution in [-0.2, 0) is 5.41 Å². The minimum absolute atomic E-state index is 0.140. The maximum atomic E-state index is 9.68. The molecule has 2 N–H and O–H groups in total. The molecule has 2 heteroatoms. The molecule has 0 aliphatic rings. The van der Waals surface area contributed by atoms with E-state index in [1.165, 1.54) is 5.56 Å². The molecule has 0 radical (unpaired) electrons. The van der Waals surface area contributed by atoms with Crippen molar-refractivity contribution < 1.29 is 5.11 Å². The Morgan fingerprint density at radius 3 is 2.50 bits per heavy atom. The molecule has 1 unspecified atom stereocenters. The highest BCUT2D eigenvalue weighted by Crippen LogP contribution is 2.29. The number of aliphatic hydroxyl groups is 1. The molecule has 1 heterocycles. The summed E-state index contributed by atoms with van der Waals surface area (Å²) in [6.45, 7) is 8.39. The SMILES string of the molecule is CC(O)c1c[nH]c2ccc(C(C)(C)C)cc12. The average molecular weight is 217 g/mol. The molecular formula is C14H19NO. The second-order valence-electron chi connectivity index (χ2n) is 5.43. The van der Waals surface area contributed by atoms with E-state index in [1.54, 1.807) is 6.92 Å². The third kappa shape index (κ3) is 1.85. The Bertz CT molecular complexity index is 503. The van der Waals surface area contributed by atoms with Crippen molar-refractivity contribution in [2.45, 2.75) is 39.2 Å². The van der Waals surface area contributed by atoms with Gasteiger partial charge in [0.2, 0.25) is 0 Å². The van der Waals surface area contributed by atoms with Gasteiger partial charge in [0.1, 0.15) is 0 Å². The zero-order chi connectivity index (χ0) is 11.9. The van der Waals surface area contributed by atoms with Crippen molar-refractivity contribution >= 4 is 10.9 Å². The average Bonchev–Trinajstić information content (AvgIpc) is 2.58. The van der Waals surface area contributed by atoms with Crippen LogP contribution < -0.4 is 0 Å². The maximum Gasteiger partial charge on any atom is 0.0782 e. The van der Waals surface area contributed by atoms with Crippen molar-refractivity contribution in [3.63, 3.8) is 0 Å². The van der Waals surface area contributed by atoms with Gasteiger partial charge in [-0.2, -0.15) is 0 Å². The van der Waals surface area contributed by atoms with Gasteiger partial charge < -0.3 is 10.1 Å². The first-order valence-corrected chi connectivity index (χ1v) is 5.69. The first kappa shape index (κ1) is 11.2. The smallest absolute Gasteiger partial charge is 0.0782 e. The van der Waals surface area contributed by atoms with Gasteiger partial charge in [-0.05, 0) is 30.0 Å². The van der Waals surface area contributed by atoms with Crippen molar-refractivity contribution in [1.29, 1.82) is 0 Å². The molecule has 0 spiro atoms. The summed E-state index contributed by atoms with van der Waals surface area (Å²) in [7, 11) is 0. The van der Waals surface area contributed by atoms with Crippen LogP contribution in [0.2, 0.25) is 0 Å². The first-order chi connectivity index (χ1) is 7.39. The standard InChI is InChI=1S/C14H19NO/c1-9(16)12-8-15-13-6-5-10(7-11(12)13)14(2,3)4/h5-9,15-16H,1-4H3. The zero-order valence-corrected chi connectivity index (χ0v) is 10.3. The lowest BCUT2D eigenvalue weighted by molar-refractivity contribution is 0.201. The number of nitrogens with one attached hydrogen (secondary N) is 1. The molecule has 0 bridgehead atoms. The minimum atomic E-state index is -0.427. The van der Waals surface area contributed by atoms with E-state index in [-0.39, 0.29) is 5.41 Å². The van der Waals surface area contributed by atoms with Gasteiger partial charge in [0.25, 0.3) is 0 Å². The second-order valence-corrected chi connectivity index (χ2v) is 5.43. The van der Waals surface area contributed by atoms with Gasteiger partial charge in [0, 0.05) is 22.7 Å². The molecular weight excluding hydrogens is 198 g/mol. The van der Waals surface area contributed by atoms with E-state index in [4.69, 9.17) is 0 Å². The second kappa shape index (κ2) is 3.63. The number of hydrogen-bond acceptors (Lipinski definition) is 1. The summed E-state index contributed by atoms with van der Waals surface area (Å²) >= 11 is 0. The molecule has 2 aromatic rings. The number of H-pyrrole nitrogens is 1. The molecule has 0 saturated carbocycles. The van der Waals surface area contributed by atoms with E-state index in [1.807, 2.05) is 6.20 Å². The zero-order valence-electron chi connectivity index (χ0n) is 10.3. The van der Waals surface area contributed by atoms with Gasteiger partial charge in [-0.3, -0.25) is 0 Å². The lowest BCUT2D eigenvalue weighted by atomic mass is 9.86. The molecule has 0 aliphatic heterocycles. The third-order valence-corrected chi connectivity index (χ3v) is 3.03. The van der Waals surface area contributed by atoms with Crippen LogP contribution >= 0.6 is 0 Å². The van der Waals surface area contributed by atoms with Crippen LogP contribution in [0, 0.1) is 0 Å². The van der Waals surface area contributed by atoms with Crippen molar-refractivity contribution in [1.82, 2.24) is 4.98 Å². The fourth-order valence-electron chi connectivity index (χ4n) is 1.95. The number of aromatic amines is 1. The summed E-state index contributed by atoms with van der Waals surface area (Å²) in [6.07, 6.45) is 1.46. The Morgan fingerprint density at radius 2 is 1.94 bits per heavy atom. The third-order valence-electron chi connectivity index (χ3n) is 3.03. The van der Waals surface area contributed by atoms with Crippen LogP contribution in [0.4, 0.5) is 0 Å². The highest BCUT2D eigenvalue weighted by molar-refractivity contribution is 5.84. The fourth-order valence-corrected chi connectivity index (χ4v) is 1.95. The van der Waals surface area contributed by atoms with Gasteiger partial charge in [-0.15, -0.1) is 0 Å². The number of fused-ring (bicyclic) bond motifs is 1. The van der Waals surface area contributed by atoms with Gasteiger partial charge in [0.05, 0.1) is 6.10 Å². The fraction of sp³-hybridized carbons (Fsp3) is 0.429. The van der Waals surface area contributed by atoms with Gasteiger partial charge in [0.15, 0.2) is 0 Å². The Morgan fingerprint density at radius 1 is 1.25 bits per heavy atom. The van der Waals surface area contributed by atoms with E-state index in [0.717, 1.165) is 16.5 Å². The molecule has 1 aromatic carbocycles. The minimum Gasteiger partial charge on any atom is -0.389 e. The summed E-state index contributed by atoms with van der Waals surface area (Å²) in [5.74, 6) is 0. The van der Waals surface area contributed by atoms with Crippen LogP contribution in [0.1, 0.15) is 44.9 Å². The molecule has 0 saturated heterocycles. The summed E-state index contributed by atoms with van der Waals surface area (Å²) in [5, 5.41) is 10.8. The summed E-state index contributed by atoms with van der Waals surface area (Å²) < 4.78 is 0. The van der Waals surface area contributed by atoms with Crippen LogP contribution in [-0.4, -0.2) is 10.1 Å². The topological polar surface area (TPSA) is 36.0 Å². The number of rotatable bonds is 1. The maximum absolute atomic E-state index is 9.68. The van der Waals surface area contributed by atoms with Gasteiger partial charge in [-0.25, -0.2) is 0 Å². The Labute approximate surface area is 96.3 Å². The quantitative estimate of drug-likeness (QED) is 0.753. The number of aliphatic hydroxyl groups excluding tert-OH is 1. The van der Waals surface area contributed by atoms with Gasteiger partial charge in [-0.1, -0.05) is 26.8 Å². The normalized spacial score (nSPS) is 14.3. The van der Waals surface area contributed by atoms with Crippen molar-refractivity contribution in [3.05, 3.63) is 35.5 Å². The van der Waals surface area contributed by atoms with E-state index in [2.05, 4.69) is 44.0 Å². The molecule has 2 rings (SSSR count). The van der Waals surface area contributed by atoms with Gasteiger partial charge >= 0.3 is 0 Å². The first-order valence-electron chi connectivity index (χ1n) is 5.69. The molecule has 0 aliphatic carbocycles. The monoisotopic (exact) mass is 217 g/mol. The predicted molar refractivity (Wildman–Crippen MR) is 67.6 cm³/mol. The number of benzene rings is 1. The molecule has 1 atom stereocenters. The van der Waals surface area contributed by atoms with E-state index < -0.39 is 6.10 Å². The lowest BCUT2D eigenvalue weighted by Crippen LogP contribution is -2.10. The van der Waals surface area contributed by atoms with Crippen LogP contribution in [0.25, 0.3) is 10.9 Å². The molecule has 0 fully saturated rings. The molecule has 16 heavy (non-hydrogen) atoms. The van der Waals surface area contributed by atoms with Crippen LogP contribution in [0.3, 0.4) is 0 Å². The van der Waals surface area contributed by atoms with Crippen LogP contribution in [0.15, 0.2) is 24.4 Å². The molecule has 0 amide bonds.